The highest BCUT2D eigenvalue weighted by molar-refractivity contribution is 6.28. The van der Waals surface area contributed by atoms with Gasteiger partial charge in [-0.05, 0) is 6.42 Å². The Morgan fingerprint density at radius 2 is 2.43 bits per heavy atom. The molecule has 42 valence electrons. The van der Waals surface area contributed by atoms with Crippen LogP contribution in [0.2, 0.25) is 0 Å². The summed E-state index contributed by atoms with van der Waals surface area (Å²) in [5.74, 6) is 0. The van der Waals surface area contributed by atoms with Crippen molar-refractivity contribution in [1.29, 1.82) is 0 Å². The first-order chi connectivity index (χ1) is 3.31. The van der Waals surface area contributed by atoms with Crippen LogP contribution in [0.1, 0.15) is 13.3 Å². The fourth-order valence-corrected chi connectivity index (χ4v) is 0.658. The van der Waals surface area contributed by atoms with Crippen LogP contribution in [0.15, 0.2) is 0 Å². The summed E-state index contributed by atoms with van der Waals surface area (Å²) in [4.78, 5) is 0. The Bertz CT molecular complexity index is 40.7. The molecule has 0 saturated carbocycles. The average molecular weight is 118 g/mol. The Labute approximate surface area is 46.4 Å². The minimum absolute atomic E-state index is 0.244. The van der Waals surface area contributed by atoms with Crippen molar-refractivity contribution in [2.24, 2.45) is 0 Å². The molecule has 2 radical (unpaired) electrons. The number of hydrogen-bond donors (Lipinski definition) is 1. The van der Waals surface area contributed by atoms with Crippen molar-refractivity contribution in [1.82, 2.24) is 0 Å². The number of aliphatic hydroxyl groups excluding tert-OH is 1. The predicted molar refractivity (Wildman–Crippen MR) is 29.1 cm³/mol. The lowest BCUT2D eigenvalue weighted by Crippen LogP contribution is -2.15. The SMILES string of the molecule is CCC(O)[Si]OC. The molecule has 0 heterocycles. The van der Waals surface area contributed by atoms with Crippen LogP contribution in [0.25, 0.3) is 0 Å². The first-order valence-electron chi connectivity index (χ1n) is 2.27. The average Bonchev–Trinajstić information content (AvgIpc) is 1.68. The van der Waals surface area contributed by atoms with E-state index in [0.29, 0.717) is 0 Å². The van der Waals surface area contributed by atoms with E-state index in [2.05, 4.69) is 4.43 Å². The normalized spacial score (nSPS) is 14.1. The van der Waals surface area contributed by atoms with Crippen LogP contribution in [0.4, 0.5) is 0 Å². The Balaban J connectivity index is 2.83. The molecule has 1 atom stereocenters. The van der Waals surface area contributed by atoms with Gasteiger partial charge in [0.25, 0.3) is 9.76 Å². The van der Waals surface area contributed by atoms with Gasteiger partial charge in [0, 0.05) is 7.11 Å². The van der Waals surface area contributed by atoms with Crippen LogP contribution in [0, 0.1) is 0 Å². The number of rotatable bonds is 3. The number of hydrogen-bond acceptors (Lipinski definition) is 2. The molecule has 0 spiro atoms. The van der Waals surface area contributed by atoms with Gasteiger partial charge in [0.2, 0.25) is 0 Å². The van der Waals surface area contributed by atoms with E-state index >= 15 is 0 Å². The molecule has 1 N–H and O–H groups in total. The topological polar surface area (TPSA) is 29.5 Å². The zero-order valence-corrected chi connectivity index (χ0v) is 5.64. The van der Waals surface area contributed by atoms with Crippen LogP contribution in [-0.2, 0) is 4.43 Å². The van der Waals surface area contributed by atoms with Gasteiger partial charge in [-0.3, -0.25) is 0 Å². The molecular weight excluding hydrogens is 108 g/mol. The maximum Gasteiger partial charge on any atom is 0.261 e. The fourth-order valence-electron chi connectivity index (χ4n) is 0.219. The van der Waals surface area contributed by atoms with Crippen molar-refractivity contribution in [3.05, 3.63) is 0 Å². The van der Waals surface area contributed by atoms with Crippen LogP contribution in [0.5, 0.6) is 0 Å². The molecule has 0 aliphatic heterocycles. The lowest BCUT2D eigenvalue weighted by Gasteiger charge is -1.99. The van der Waals surface area contributed by atoms with Crippen molar-refractivity contribution < 1.29 is 9.53 Å². The molecule has 0 aliphatic rings. The standard InChI is InChI=1S/C4H10O2Si/c1-3-4(5)7-6-2/h4-5H,3H2,1-2H3. The summed E-state index contributed by atoms with van der Waals surface area (Å²) in [6.45, 7) is 1.93. The van der Waals surface area contributed by atoms with E-state index in [1.165, 1.54) is 0 Å². The van der Waals surface area contributed by atoms with Gasteiger partial charge >= 0.3 is 0 Å². The molecule has 0 aromatic heterocycles. The van der Waals surface area contributed by atoms with Gasteiger partial charge in [-0.2, -0.15) is 0 Å². The monoisotopic (exact) mass is 118 g/mol. The summed E-state index contributed by atoms with van der Waals surface area (Å²) in [5.41, 5.74) is -0.245. The molecule has 0 aromatic rings. The minimum atomic E-state index is -0.245. The molecule has 0 amide bonds. The van der Waals surface area contributed by atoms with Gasteiger partial charge in [-0.25, -0.2) is 0 Å². The molecule has 1 unspecified atom stereocenters. The minimum Gasteiger partial charge on any atom is -0.418 e. The van der Waals surface area contributed by atoms with Crippen molar-refractivity contribution in [2.75, 3.05) is 7.11 Å². The molecule has 2 nitrogen and oxygen atoms in total. The van der Waals surface area contributed by atoms with Gasteiger partial charge in [-0.1, -0.05) is 6.92 Å². The second-order valence-electron chi connectivity index (χ2n) is 1.25. The maximum absolute atomic E-state index is 8.75. The predicted octanol–water partition coefficient (Wildman–Crippen LogP) is -0.0196. The summed E-state index contributed by atoms with van der Waals surface area (Å²) in [6.07, 6.45) is 0.784. The Morgan fingerprint density at radius 3 is 2.57 bits per heavy atom. The lowest BCUT2D eigenvalue weighted by atomic mass is 10.5. The van der Waals surface area contributed by atoms with E-state index in [-0.39, 0.29) is 15.5 Å². The molecule has 0 fully saturated rings. The Kier molecular flexibility index (Phi) is 4.38. The summed E-state index contributed by atoms with van der Waals surface area (Å²) < 4.78 is 4.67. The highest BCUT2D eigenvalue weighted by Gasteiger charge is 1.99. The van der Waals surface area contributed by atoms with Crippen LogP contribution in [0.3, 0.4) is 0 Å². The van der Waals surface area contributed by atoms with E-state index in [1.807, 2.05) is 6.92 Å². The molecule has 3 heteroatoms. The fraction of sp³-hybridized carbons (Fsp3) is 1.00. The summed E-state index contributed by atoms with van der Waals surface area (Å²) in [7, 11) is 1.84. The smallest absolute Gasteiger partial charge is 0.261 e. The molecule has 0 aromatic carbocycles. The molecule has 0 aliphatic carbocycles. The van der Waals surface area contributed by atoms with Crippen molar-refractivity contribution in [2.45, 2.75) is 19.1 Å². The second-order valence-corrected chi connectivity index (χ2v) is 2.56. The molecular formula is C4H10O2Si. The Hall–Kier alpha value is 0.137. The number of aliphatic hydroxyl groups is 1. The third-order valence-electron chi connectivity index (χ3n) is 0.641. The maximum atomic E-state index is 8.75. The van der Waals surface area contributed by atoms with Gasteiger partial charge in [-0.15, -0.1) is 0 Å². The Morgan fingerprint density at radius 1 is 1.86 bits per heavy atom. The molecule has 0 bridgehead atoms. The summed E-state index contributed by atoms with van der Waals surface area (Å²) in [5, 5.41) is 8.75. The van der Waals surface area contributed by atoms with Gasteiger partial charge in [0.05, 0.1) is 5.73 Å². The van der Waals surface area contributed by atoms with Crippen LogP contribution >= 0.6 is 0 Å². The van der Waals surface area contributed by atoms with E-state index in [4.69, 9.17) is 5.11 Å². The van der Waals surface area contributed by atoms with Crippen LogP contribution < -0.4 is 0 Å². The third kappa shape index (κ3) is 3.98. The van der Waals surface area contributed by atoms with E-state index in [0.717, 1.165) is 6.42 Å². The summed E-state index contributed by atoms with van der Waals surface area (Å²) >= 11 is 0. The van der Waals surface area contributed by atoms with E-state index in [9.17, 15) is 0 Å². The second kappa shape index (κ2) is 4.30. The summed E-state index contributed by atoms with van der Waals surface area (Å²) in [6, 6.07) is 0. The van der Waals surface area contributed by atoms with Gasteiger partial charge in [0.1, 0.15) is 0 Å². The quantitative estimate of drug-likeness (QED) is 0.528. The van der Waals surface area contributed by atoms with Crippen molar-refractivity contribution in [3.8, 4) is 0 Å². The van der Waals surface area contributed by atoms with Crippen molar-refractivity contribution >= 4 is 9.76 Å². The highest BCUT2D eigenvalue weighted by Crippen LogP contribution is 1.84. The van der Waals surface area contributed by atoms with E-state index in [1.54, 1.807) is 7.11 Å². The van der Waals surface area contributed by atoms with Gasteiger partial charge < -0.3 is 9.53 Å². The van der Waals surface area contributed by atoms with Crippen molar-refractivity contribution in [3.63, 3.8) is 0 Å². The molecule has 0 rings (SSSR count). The third-order valence-corrected chi connectivity index (χ3v) is 1.56. The van der Waals surface area contributed by atoms with Gasteiger partial charge in [0.15, 0.2) is 0 Å². The largest absolute Gasteiger partial charge is 0.418 e. The zero-order chi connectivity index (χ0) is 5.70. The molecule has 0 saturated heterocycles. The lowest BCUT2D eigenvalue weighted by molar-refractivity contribution is 0.225. The molecule has 7 heavy (non-hydrogen) atoms. The highest BCUT2D eigenvalue weighted by atomic mass is 28.2. The first-order valence-corrected chi connectivity index (χ1v) is 3.26. The zero-order valence-electron chi connectivity index (χ0n) is 4.64. The van der Waals surface area contributed by atoms with Crippen LogP contribution in [-0.4, -0.2) is 27.7 Å². The van der Waals surface area contributed by atoms with E-state index < -0.39 is 0 Å². The first kappa shape index (κ1) is 7.14.